The Morgan fingerprint density at radius 2 is 2.11 bits per heavy atom. The van der Waals surface area contributed by atoms with Gasteiger partial charge in [-0.15, -0.1) is 0 Å². The number of fused-ring (bicyclic) bond motifs is 1. The molecule has 0 radical (unpaired) electrons. The second-order valence-electron chi connectivity index (χ2n) is 5.05. The molecule has 2 aromatic rings. The first-order valence-electron chi connectivity index (χ1n) is 6.86. The Hall–Kier alpha value is -1.19. The van der Waals surface area contributed by atoms with Gasteiger partial charge in [0.05, 0.1) is 0 Å². The summed E-state index contributed by atoms with van der Waals surface area (Å²) in [4.78, 5) is 0. The molecule has 0 amide bonds. The molecule has 1 fully saturated rings. The number of nitrogens with one attached hydrogen (secondary N) is 1. The highest BCUT2D eigenvalue weighted by Gasteiger charge is 2.15. The topological polar surface area (TPSA) is 32.3 Å². The van der Waals surface area contributed by atoms with Crippen molar-refractivity contribution in [1.29, 1.82) is 0 Å². The van der Waals surface area contributed by atoms with Crippen LogP contribution in [0.15, 0.2) is 36.4 Å². The molecule has 2 nitrogen and oxygen atoms in total. The molecule has 3 heteroatoms. The van der Waals surface area contributed by atoms with E-state index in [-0.39, 0.29) is 0 Å². The van der Waals surface area contributed by atoms with E-state index in [0.717, 1.165) is 29.3 Å². The number of benzene rings is 2. The highest BCUT2D eigenvalue weighted by atomic mass is 32.2. The van der Waals surface area contributed by atoms with Crippen LogP contribution in [0.4, 0.5) is 0 Å². The van der Waals surface area contributed by atoms with Gasteiger partial charge in [0, 0.05) is 23.9 Å². The van der Waals surface area contributed by atoms with Crippen LogP contribution >= 0.6 is 11.8 Å². The van der Waals surface area contributed by atoms with Crippen molar-refractivity contribution in [3.8, 4) is 5.75 Å². The largest absolute Gasteiger partial charge is 0.508 e. The quantitative estimate of drug-likeness (QED) is 0.894. The molecule has 1 unspecified atom stereocenters. The summed E-state index contributed by atoms with van der Waals surface area (Å²) in [6, 6.07) is 12.0. The molecule has 1 aliphatic heterocycles. The van der Waals surface area contributed by atoms with Gasteiger partial charge < -0.3 is 10.4 Å². The summed E-state index contributed by atoms with van der Waals surface area (Å²) in [5.74, 6) is 1.69. The van der Waals surface area contributed by atoms with Crippen LogP contribution in [0.25, 0.3) is 10.8 Å². The molecule has 0 bridgehead atoms. The molecule has 3 rings (SSSR count). The van der Waals surface area contributed by atoms with E-state index in [1.165, 1.54) is 24.0 Å². The predicted molar refractivity (Wildman–Crippen MR) is 82.8 cm³/mol. The number of hydrogen-bond donors (Lipinski definition) is 2. The van der Waals surface area contributed by atoms with Gasteiger partial charge in [-0.1, -0.05) is 30.3 Å². The van der Waals surface area contributed by atoms with Crippen molar-refractivity contribution >= 4 is 22.5 Å². The van der Waals surface area contributed by atoms with E-state index >= 15 is 0 Å². The minimum absolute atomic E-state index is 0.394. The predicted octanol–water partition coefficient (Wildman–Crippen LogP) is 3.53. The number of hydrogen-bond acceptors (Lipinski definition) is 3. The van der Waals surface area contributed by atoms with Crippen molar-refractivity contribution in [2.24, 2.45) is 0 Å². The molecule has 1 saturated heterocycles. The summed E-state index contributed by atoms with van der Waals surface area (Å²) >= 11 is 2.06. The molecule has 0 aromatic heterocycles. The van der Waals surface area contributed by atoms with Gasteiger partial charge in [-0.2, -0.15) is 11.8 Å². The van der Waals surface area contributed by atoms with Gasteiger partial charge in [0.15, 0.2) is 0 Å². The highest BCUT2D eigenvalue weighted by molar-refractivity contribution is 8.00. The third-order valence-corrected chi connectivity index (χ3v) is 5.11. The standard InChI is InChI=1S/C16H19NOS/c18-16-8-7-12-4-1-2-6-14(12)15(16)11-17-10-13-5-3-9-19-13/h1-2,4,6-8,13,17-18H,3,5,9-11H2. The lowest BCUT2D eigenvalue weighted by Gasteiger charge is -2.13. The van der Waals surface area contributed by atoms with Gasteiger partial charge in [0.1, 0.15) is 5.75 Å². The van der Waals surface area contributed by atoms with E-state index in [4.69, 9.17) is 0 Å². The van der Waals surface area contributed by atoms with Crippen molar-refractivity contribution in [2.45, 2.75) is 24.6 Å². The molecule has 0 saturated carbocycles. The third kappa shape index (κ3) is 2.88. The monoisotopic (exact) mass is 273 g/mol. The van der Waals surface area contributed by atoms with E-state index in [9.17, 15) is 5.11 Å². The van der Waals surface area contributed by atoms with Gasteiger partial charge >= 0.3 is 0 Å². The third-order valence-electron chi connectivity index (χ3n) is 3.71. The Morgan fingerprint density at radius 3 is 2.95 bits per heavy atom. The molecule has 1 atom stereocenters. The maximum atomic E-state index is 10.1. The fourth-order valence-electron chi connectivity index (χ4n) is 2.67. The van der Waals surface area contributed by atoms with E-state index in [2.05, 4.69) is 29.2 Å². The first kappa shape index (κ1) is 12.8. The Balaban J connectivity index is 1.74. The lowest BCUT2D eigenvalue weighted by Crippen LogP contribution is -2.22. The van der Waals surface area contributed by atoms with Crippen LogP contribution < -0.4 is 5.32 Å². The van der Waals surface area contributed by atoms with Gasteiger partial charge in [-0.25, -0.2) is 0 Å². The Bertz CT molecular complexity index is 564. The maximum Gasteiger partial charge on any atom is 0.120 e. The number of aromatic hydroxyl groups is 1. The summed E-state index contributed by atoms with van der Waals surface area (Å²) in [7, 11) is 0. The van der Waals surface area contributed by atoms with Crippen LogP contribution in [-0.4, -0.2) is 22.7 Å². The molecule has 0 aliphatic carbocycles. The summed E-state index contributed by atoms with van der Waals surface area (Å²) in [6.45, 7) is 1.78. The van der Waals surface area contributed by atoms with Crippen LogP contribution in [0, 0.1) is 0 Å². The van der Waals surface area contributed by atoms with Gasteiger partial charge in [0.2, 0.25) is 0 Å². The maximum absolute atomic E-state index is 10.1. The Kier molecular flexibility index (Phi) is 3.95. The van der Waals surface area contributed by atoms with E-state index in [0.29, 0.717) is 5.75 Å². The van der Waals surface area contributed by atoms with Crippen molar-refractivity contribution in [3.05, 3.63) is 42.0 Å². The van der Waals surface area contributed by atoms with Crippen LogP contribution in [-0.2, 0) is 6.54 Å². The minimum atomic E-state index is 0.394. The van der Waals surface area contributed by atoms with Crippen LogP contribution in [0.5, 0.6) is 5.75 Å². The van der Waals surface area contributed by atoms with Crippen molar-refractivity contribution in [3.63, 3.8) is 0 Å². The number of rotatable bonds is 4. The Morgan fingerprint density at radius 1 is 1.21 bits per heavy atom. The smallest absolute Gasteiger partial charge is 0.120 e. The minimum Gasteiger partial charge on any atom is -0.508 e. The number of thioether (sulfide) groups is 1. The van der Waals surface area contributed by atoms with Crippen molar-refractivity contribution in [2.75, 3.05) is 12.3 Å². The van der Waals surface area contributed by atoms with Crippen LogP contribution in [0.3, 0.4) is 0 Å². The van der Waals surface area contributed by atoms with Gasteiger partial charge in [-0.05, 0) is 35.4 Å². The van der Waals surface area contributed by atoms with Crippen molar-refractivity contribution < 1.29 is 5.11 Å². The van der Waals surface area contributed by atoms with Gasteiger partial charge in [-0.3, -0.25) is 0 Å². The molecule has 19 heavy (non-hydrogen) atoms. The fourth-order valence-corrected chi connectivity index (χ4v) is 3.91. The van der Waals surface area contributed by atoms with Crippen LogP contribution in [0.1, 0.15) is 18.4 Å². The molecule has 2 N–H and O–H groups in total. The molecule has 2 aromatic carbocycles. The normalized spacial score (nSPS) is 19.1. The number of phenols is 1. The zero-order valence-corrected chi connectivity index (χ0v) is 11.7. The average molecular weight is 273 g/mol. The second-order valence-corrected chi connectivity index (χ2v) is 6.46. The molecular weight excluding hydrogens is 254 g/mol. The SMILES string of the molecule is Oc1ccc2ccccc2c1CNCC1CCCS1. The Labute approximate surface area is 118 Å². The molecule has 1 heterocycles. The van der Waals surface area contributed by atoms with E-state index < -0.39 is 0 Å². The summed E-state index contributed by atoms with van der Waals surface area (Å²) in [6.07, 6.45) is 2.66. The summed E-state index contributed by atoms with van der Waals surface area (Å²) in [5.41, 5.74) is 1.01. The summed E-state index contributed by atoms with van der Waals surface area (Å²) in [5, 5.41) is 16.6. The zero-order chi connectivity index (χ0) is 13.1. The average Bonchev–Trinajstić information content (AvgIpc) is 2.94. The fraction of sp³-hybridized carbons (Fsp3) is 0.375. The molecule has 1 aliphatic rings. The number of phenolic OH excluding ortho intramolecular Hbond substituents is 1. The highest BCUT2D eigenvalue weighted by Crippen LogP contribution is 2.28. The molecule has 0 spiro atoms. The zero-order valence-electron chi connectivity index (χ0n) is 10.9. The van der Waals surface area contributed by atoms with E-state index in [1.807, 2.05) is 18.2 Å². The first-order valence-corrected chi connectivity index (χ1v) is 7.91. The van der Waals surface area contributed by atoms with E-state index in [1.54, 1.807) is 6.07 Å². The molecular formula is C16H19NOS. The lowest BCUT2D eigenvalue weighted by atomic mass is 10.0. The first-order chi connectivity index (χ1) is 9.34. The van der Waals surface area contributed by atoms with Crippen LogP contribution in [0.2, 0.25) is 0 Å². The van der Waals surface area contributed by atoms with Gasteiger partial charge in [0.25, 0.3) is 0 Å². The summed E-state index contributed by atoms with van der Waals surface area (Å²) < 4.78 is 0. The van der Waals surface area contributed by atoms with Crippen molar-refractivity contribution in [1.82, 2.24) is 5.32 Å². The second kappa shape index (κ2) is 5.85. The lowest BCUT2D eigenvalue weighted by molar-refractivity contribution is 0.465. The molecule has 100 valence electrons.